The molecule has 2 N–H and O–H groups in total. The minimum absolute atomic E-state index is 0.0567. The molecular weight excluding hydrogens is 260 g/mol. The number of hydrogen-bond acceptors (Lipinski definition) is 4. The molecule has 18 heavy (non-hydrogen) atoms. The number of hydrogen-bond donors (Lipinski definition) is 2. The van der Waals surface area contributed by atoms with Gasteiger partial charge in [0, 0.05) is 5.39 Å². The van der Waals surface area contributed by atoms with Gasteiger partial charge in [-0.25, -0.2) is 0 Å². The molecule has 1 aromatic heterocycles. The summed E-state index contributed by atoms with van der Waals surface area (Å²) in [6.07, 6.45) is 2.36. The molecule has 0 unspecified atom stereocenters. The molecule has 1 aromatic carbocycles. The van der Waals surface area contributed by atoms with Gasteiger partial charge in [-0.2, -0.15) is 8.42 Å². The SMILES string of the molecule is CS(=O)(=O)O.O=C(O)Cc1ccc2occc2c1. The van der Waals surface area contributed by atoms with Crippen LogP contribution in [0.25, 0.3) is 11.0 Å². The molecular formula is C11H12O6S. The van der Waals surface area contributed by atoms with Gasteiger partial charge in [0.15, 0.2) is 0 Å². The molecule has 0 amide bonds. The number of carboxylic acids is 1. The standard InChI is InChI=1S/C10H8O3.CH4O3S/c11-10(12)6-7-1-2-9-8(5-7)3-4-13-9;1-5(2,3)4/h1-5H,6H2,(H,11,12);1H3,(H,2,3,4). The van der Waals surface area contributed by atoms with E-state index < -0.39 is 16.1 Å². The third-order valence-corrected chi connectivity index (χ3v) is 1.87. The molecule has 0 bridgehead atoms. The van der Waals surface area contributed by atoms with Crippen LogP contribution >= 0.6 is 0 Å². The van der Waals surface area contributed by atoms with Crippen molar-refractivity contribution in [1.82, 2.24) is 0 Å². The molecule has 0 fully saturated rings. The molecule has 6 nitrogen and oxygen atoms in total. The largest absolute Gasteiger partial charge is 0.481 e. The monoisotopic (exact) mass is 272 g/mol. The number of fused-ring (bicyclic) bond motifs is 1. The van der Waals surface area contributed by atoms with Crippen LogP contribution in [-0.2, 0) is 21.3 Å². The van der Waals surface area contributed by atoms with E-state index in [4.69, 9.17) is 14.1 Å². The van der Waals surface area contributed by atoms with Gasteiger partial charge in [-0.15, -0.1) is 0 Å². The van der Waals surface area contributed by atoms with E-state index in [1.165, 1.54) is 0 Å². The van der Waals surface area contributed by atoms with Gasteiger partial charge in [0.25, 0.3) is 10.1 Å². The second-order valence-electron chi connectivity index (χ2n) is 3.60. The summed E-state index contributed by atoms with van der Waals surface area (Å²) in [5, 5.41) is 9.51. The molecule has 0 aliphatic rings. The van der Waals surface area contributed by atoms with Crippen molar-refractivity contribution < 1.29 is 27.3 Å². The summed E-state index contributed by atoms with van der Waals surface area (Å²) in [5.41, 5.74) is 1.58. The Kier molecular flexibility index (Phi) is 4.46. The molecule has 7 heteroatoms. The van der Waals surface area contributed by atoms with Crippen molar-refractivity contribution in [3.63, 3.8) is 0 Å². The quantitative estimate of drug-likeness (QED) is 0.804. The van der Waals surface area contributed by atoms with Gasteiger partial charge in [0.2, 0.25) is 0 Å². The maximum absolute atomic E-state index is 10.4. The summed E-state index contributed by atoms with van der Waals surface area (Å²) in [5.74, 6) is -0.817. The Labute approximate surface area is 104 Å². The summed E-state index contributed by atoms with van der Waals surface area (Å²) in [4.78, 5) is 10.4. The van der Waals surface area contributed by atoms with Crippen LogP contribution in [0.1, 0.15) is 5.56 Å². The Morgan fingerprint density at radius 2 is 1.94 bits per heavy atom. The number of benzene rings is 1. The second kappa shape index (κ2) is 5.65. The fourth-order valence-electron chi connectivity index (χ4n) is 1.30. The van der Waals surface area contributed by atoms with E-state index in [-0.39, 0.29) is 6.42 Å². The van der Waals surface area contributed by atoms with Crippen molar-refractivity contribution in [2.24, 2.45) is 0 Å². The number of rotatable bonds is 2. The fourth-order valence-corrected chi connectivity index (χ4v) is 1.30. The second-order valence-corrected chi connectivity index (χ2v) is 5.06. The predicted molar refractivity (Wildman–Crippen MR) is 65.0 cm³/mol. The molecule has 98 valence electrons. The average molecular weight is 272 g/mol. The minimum Gasteiger partial charge on any atom is -0.481 e. The van der Waals surface area contributed by atoms with Crippen LogP contribution in [0.4, 0.5) is 0 Å². The van der Waals surface area contributed by atoms with Gasteiger partial charge in [0.1, 0.15) is 5.58 Å². The van der Waals surface area contributed by atoms with Crippen LogP contribution in [0.3, 0.4) is 0 Å². The minimum atomic E-state index is -3.67. The van der Waals surface area contributed by atoms with Gasteiger partial charge >= 0.3 is 5.97 Å². The van der Waals surface area contributed by atoms with E-state index >= 15 is 0 Å². The topological polar surface area (TPSA) is 105 Å². The fraction of sp³-hybridized carbons (Fsp3) is 0.182. The maximum Gasteiger partial charge on any atom is 0.307 e. The summed E-state index contributed by atoms with van der Waals surface area (Å²) in [6.45, 7) is 0. The maximum atomic E-state index is 10.4. The lowest BCUT2D eigenvalue weighted by molar-refractivity contribution is -0.136. The zero-order valence-electron chi connectivity index (χ0n) is 9.53. The van der Waals surface area contributed by atoms with Gasteiger partial charge in [-0.3, -0.25) is 9.35 Å². The van der Waals surface area contributed by atoms with Crippen LogP contribution in [0.5, 0.6) is 0 Å². The highest BCUT2D eigenvalue weighted by atomic mass is 32.2. The lowest BCUT2D eigenvalue weighted by Crippen LogP contribution is -1.99. The molecule has 2 rings (SSSR count). The first kappa shape index (κ1) is 14.2. The highest BCUT2D eigenvalue weighted by molar-refractivity contribution is 7.85. The first-order valence-corrected chi connectivity index (χ1v) is 6.71. The van der Waals surface area contributed by atoms with Crippen LogP contribution in [0.15, 0.2) is 34.9 Å². The Bertz CT molecular complexity index is 632. The summed E-state index contributed by atoms with van der Waals surface area (Å²) in [6, 6.07) is 7.20. The van der Waals surface area contributed by atoms with Gasteiger partial charge in [-0.1, -0.05) is 6.07 Å². The van der Waals surface area contributed by atoms with E-state index in [1.807, 2.05) is 12.1 Å². The van der Waals surface area contributed by atoms with E-state index in [0.29, 0.717) is 6.26 Å². The summed E-state index contributed by atoms with van der Waals surface area (Å²) in [7, 11) is -3.67. The van der Waals surface area contributed by atoms with Gasteiger partial charge in [-0.05, 0) is 23.8 Å². The number of carboxylic acid groups (broad SMARTS) is 1. The predicted octanol–water partition coefficient (Wildman–Crippen LogP) is 1.56. The highest BCUT2D eigenvalue weighted by Crippen LogP contribution is 2.17. The van der Waals surface area contributed by atoms with Crippen molar-refractivity contribution in [1.29, 1.82) is 0 Å². The zero-order valence-corrected chi connectivity index (χ0v) is 10.3. The highest BCUT2D eigenvalue weighted by Gasteiger charge is 2.02. The van der Waals surface area contributed by atoms with Crippen LogP contribution in [-0.4, -0.2) is 30.3 Å². The van der Waals surface area contributed by atoms with E-state index in [2.05, 4.69) is 0 Å². The number of carbonyl (C=O) groups is 1. The zero-order chi connectivity index (χ0) is 13.8. The molecule has 1 heterocycles. The van der Waals surface area contributed by atoms with Gasteiger partial charge in [0.05, 0.1) is 18.9 Å². The summed E-state index contributed by atoms with van der Waals surface area (Å²) < 4.78 is 31.0. The normalized spacial score (nSPS) is 10.8. The lowest BCUT2D eigenvalue weighted by Gasteiger charge is -1.95. The van der Waals surface area contributed by atoms with Crippen LogP contribution < -0.4 is 0 Å². The lowest BCUT2D eigenvalue weighted by atomic mass is 10.1. The molecule has 0 saturated heterocycles. The van der Waals surface area contributed by atoms with Crippen molar-refractivity contribution >= 4 is 27.1 Å². The Balaban J connectivity index is 0.000000280. The molecule has 0 saturated carbocycles. The van der Waals surface area contributed by atoms with E-state index in [9.17, 15) is 13.2 Å². The molecule has 0 aliphatic heterocycles. The molecule has 0 radical (unpaired) electrons. The number of furan rings is 1. The summed E-state index contributed by atoms with van der Waals surface area (Å²) >= 11 is 0. The van der Waals surface area contributed by atoms with E-state index in [1.54, 1.807) is 18.4 Å². The van der Waals surface area contributed by atoms with Gasteiger partial charge < -0.3 is 9.52 Å². The first-order chi connectivity index (χ1) is 8.25. The third-order valence-electron chi connectivity index (χ3n) is 1.87. The molecule has 0 spiro atoms. The Morgan fingerprint density at radius 1 is 1.33 bits per heavy atom. The third kappa shape index (κ3) is 5.46. The van der Waals surface area contributed by atoms with Crippen molar-refractivity contribution in [2.45, 2.75) is 6.42 Å². The van der Waals surface area contributed by atoms with Crippen LogP contribution in [0.2, 0.25) is 0 Å². The Hall–Kier alpha value is -1.86. The molecule has 0 atom stereocenters. The first-order valence-electron chi connectivity index (χ1n) is 4.86. The van der Waals surface area contributed by atoms with E-state index in [0.717, 1.165) is 16.5 Å². The van der Waals surface area contributed by atoms with Crippen molar-refractivity contribution in [3.05, 3.63) is 36.1 Å². The van der Waals surface area contributed by atoms with Crippen LogP contribution in [0, 0.1) is 0 Å². The van der Waals surface area contributed by atoms with Crippen molar-refractivity contribution in [2.75, 3.05) is 6.26 Å². The Morgan fingerprint density at radius 3 is 2.50 bits per heavy atom. The molecule has 2 aromatic rings. The average Bonchev–Trinajstić information content (AvgIpc) is 2.60. The smallest absolute Gasteiger partial charge is 0.307 e. The number of aliphatic carboxylic acids is 1. The molecule has 0 aliphatic carbocycles. The van der Waals surface area contributed by atoms with Crippen molar-refractivity contribution in [3.8, 4) is 0 Å².